The summed E-state index contributed by atoms with van der Waals surface area (Å²) in [6, 6.07) is 9.08. The zero-order valence-electron chi connectivity index (χ0n) is 13.2. The number of methoxy groups -OCH3 is 1. The molecule has 0 saturated carbocycles. The maximum Gasteiger partial charge on any atom is 0.235 e. The minimum absolute atomic E-state index is 0.561. The van der Waals surface area contributed by atoms with Crippen molar-refractivity contribution in [1.29, 1.82) is 0 Å². The number of benzene rings is 1. The summed E-state index contributed by atoms with van der Waals surface area (Å²) in [5, 5.41) is 25.9. The molecule has 4 heterocycles. The Bertz CT molecular complexity index is 1260. The Kier molecular flexibility index (Phi) is 3.33. The molecule has 128 valence electrons. The van der Waals surface area contributed by atoms with Crippen LogP contribution in [0.5, 0.6) is 5.75 Å². The molecular weight excluding hydrogens is 376 g/mol. The van der Waals surface area contributed by atoms with E-state index in [9.17, 15) is 0 Å². The average molecular weight is 385 g/mol. The van der Waals surface area contributed by atoms with Gasteiger partial charge in [0.05, 0.1) is 12.7 Å². The van der Waals surface area contributed by atoms with Gasteiger partial charge in [0.25, 0.3) is 0 Å². The molecular formula is C15H9ClN8OS. The van der Waals surface area contributed by atoms with Gasteiger partial charge in [0.2, 0.25) is 4.96 Å². The second-order valence-corrected chi connectivity index (χ2v) is 6.76. The molecule has 0 atom stereocenters. The summed E-state index contributed by atoms with van der Waals surface area (Å²) >= 11 is 7.55. The van der Waals surface area contributed by atoms with Gasteiger partial charge >= 0.3 is 0 Å². The molecule has 0 unspecified atom stereocenters. The second kappa shape index (κ2) is 5.71. The Morgan fingerprint density at radius 3 is 2.92 bits per heavy atom. The maximum absolute atomic E-state index is 6.14. The predicted molar refractivity (Wildman–Crippen MR) is 95.4 cm³/mol. The van der Waals surface area contributed by atoms with Crippen LogP contribution >= 0.6 is 22.9 Å². The Morgan fingerprint density at radius 2 is 2.04 bits per heavy atom. The molecule has 0 N–H and O–H groups in total. The maximum atomic E-state index is 6.14. The fraction of sp³-hybridized carbons (Fsp3) is 0.0667. The van der Waals surface area contributed by atoms with Gasteiger partial charge in [-0.25, -0.2) is 0 Å². The Labute approximate surface area is 154 Å². The van der Waals surface area contributed by atoms with Crippen LogP contribution in [0.4, 0.5) is 0 Å². The molecule has 5 rings (SSSR count). The molecule has 0 spiro atoms. The lowest BCUT2D eigenvalue weighted by atomic mass is 10.2. The molecule has 9 nitrogen and oxygen atoms in total. The normalized spacial score (nSPS) is 11.5. The quantitative estimate of drug-likeness (QED) is 0.471. The third-order valence-corrected chi connectivity index (χ3v) is 5.01. The highest BCUT2D eigenvalue weighted by Gasteiger charge is 2.18. The second-order valence-electron chi connectivity index (χ2n) is 5.37. The summed E-state index contributed by atoms with van der Waals surface area (Å²) in [4.78, 5) is 0.661. The van der Waals surface area contributed by atoms with E-state index in [0.29, 0.717) is 27.2 Å². The molecule has 11 heteroatoms. The van der Waals surface area contributed by atoms with Crippen LogP contribution in [0.2, 0.25) is 5.02 Å². The van der Waals surface area contributed by atoms with Gasteiger partial charge in [-0.2, -0.15) is 14.1 Å². The van der Waals surface area contributed by atoms with Crippen molar-refractivity contribution in [1.82, 2.24) is 39.9 Å². The first-order valence-electron chi connectivity index (χ1n) is 7.47. The lowest BCUT2D eigenvalue weighted by molar-refractivity contribution is 0.416. The summed E-state index contributed by atoms with van der Waals surface area (Å²) in [7, 11) is 1.60. The summed E-state index contributed by atoms with van der Waals surface area (Å²) in [5.41, 5.74) is 2.27. The third kappa shape index (κ3) is 2.30. The summed E-state index contributed by atoms with van der Waals surface area (Å²) in [6.07, 6.45) is 1.82. The molecule has 5 aromatic rings. The predicted octanol–water partition coefficient (Wildman–Crippen LogP) is 2.62. The highest BCUT2D eigenvalue weighted by Crippen LogP contribution is 2.33. The SMILES string of the molecule is COc1ccc(Cl)cc1-c1nnc2sc(-c3ccc4nnnn4c3)nn12. The van der Waals surface area contributed by atoms with E-state index in [0.717, 1.165) is 16.1 Å². The Balaban J connectivity index is 1.67. The molecule has 0 saturated heterocycles. The van der Waals surface area contributed by atoms with Crippen LogP contribution < -0.4 is 4.74 Å². The van der Waals surface area contributed by atoms with Gasteiger partial charge in [-0.3, -0.25) is 0 Å². The fourth-order valence-electron chi connectivity index (χ4n) is 2.62. The van der Waals surface area contributed by atoms with Crippen LogP contribution in [-0.2, 0) is 0 Å². The van der Waals surface area contributed by atoms with Gasteiger partial charge in [-0.05, 0) is 40.8 Å². The topological polar surface area (TPSA) is 95.4 Å². The number of pyridine rings is 1. The number of ether oxygens (including phenoxy) is 1. The number of rotatable bonds is 3. The summed E-state index contributed by atoms with van der Waals surface area (Å²) in [6.45, 7) is 0. The lowest BCUT2D eigenvalue weighted by Gasteiger charge is -2.06. The molecule has 26 heavy (non-hydrogen) atoms. The molecule has 0 aliphatic carbocycles. The summed E-state index contributed by atoms with van der Waals surface area (Å²) < 4.78 is 8.69. The van der Waals surface area contributed by atoms with E-state index in [2.05, 4.69) is 30.8 Å². The van der Waals surface area contributed by atoms with Crippen molar-refractivity contribution in [2.24, 2.45) is 0 Å². The van der Waals surface area contributed by atoms with Crippen LogP contribution in [0.25, 0.3) is 32.6 Å². The zero-order valence-corrected chi connectivity index (χ0v) is 14.8. The van der Waals surface area contributed by atoms with Gasteiger partial charge in [-0.15, -0.1) is 15.3 Å². The first-order chi connectivity index (χ1) is 12.7. The van der Waals surface area contributed by atoms with E-state index in [1.54, 1.807) is 34.3 Å². The number of halogens is 1. The lowest BCUT2D eigenvalue weighted by Crippen LogP contribution is -1.95. The van der Waals surface area contributed by atoms with Crippen molar-refractivity contribution < 1.29 is 4.74 Å². The summed E-state index contributed by atoms with van der Waals surface area (Å²) in [5.74, 6) is 1.21. The van der Waals surface area contributed by atoms with Crippen LogP contribution in [0, 0.1) is 0 Å². The Hall–Kier alpha value is -3.11. The van der Waals surface area contributed by atoms with Crippen molar-refractivity contribution in [2.45, 2.75) is 0 Å². The van der Waals surface area contributed by atoms with Crippen LogP contribution in [0.3, 0.4) is 0 Å². The van der Waals surface area contributed by atoms with Crippen molar-refractivity contribution in [3.63, 3.8) is 0 Å². The fourth-order valence-corrected chi connectivity index (χ4v) is 3.63. The van der Waals surface area contributed by atoms with Crippen molar-refractivity contribution in [3.05, 3.63) is 41.6 Å². The number of tetrazole rings is 1. The Morgan fingerprint density at radius 1 is 1.12 bits per heavy atom. The van der Waals surface area contributed by atoms with E-state index in [4.69, 9.17) is 16.3 Å². The van der Waals surface area contributed by atoms with E-state index in [1.807, 2.05) is 18.3 Å². The molecule has 0 fully saturated rings. The van der Waals surface area contributed by atoms with E-state index in [-0.39, 0.29) is 0 Å². The van der Waals surface area contributed by atoms with E-state index in [1.165, 1.54) is 11.3 Å². The number of hydrogen-bond acceptors (Lipinski definition) is 8. The molecule has 0 radical (unpaired) electrons. The average Bonchev–Trinajstić information content (AvgIpc) is 3.36. The van der Waals surface area contributed by atoms with Gasteiger partial charge in [0.1, 0.15) is 10.8 Å². The smallest absolute Gasteiger partial charge is 0.235 e. The van der Waals surface area contributed by atoms with E-state index < -0.39 is 0 Å². The molecule has 0 bridgehead atoms. The van der Waals surface area contributed by atoms with Crippen LogP contribution in [0.15, 0.2) is 36.5 Å². The van der Waals surface area contributed by atoms with Crippen molar-refractivity contribution in [2.75, 3.05) is 7.11 Å². The first-order valence-corrected chi connectivity index (χ1v) is 8.66. The number of fused-ring (bicyclic) bond motifs is 2. The highest BCUT2D eigenvalue weighted by molar-refractivity contribution is 7.19. The van der Waals surface area contributed by atoms with E-state index >= 15 is 0 Å². The minimum atomic E-state index is 0.561. The van der Waals surface area contributed by atoms with Gasteiger partial charge in [0, 0.05) is 16.8 Å². The molecule has 4 aromatic heterocycles. The number of aromatic nitrogens is 8. The number of nitrogens with zero attached hydrogens (tertiary/aromatic N) is 8. The van der Waals surface area contributed by atoms with Crippen molar-refractivity contribution >= 4 is 33.5 Å². The highest BCUT2D eigenvalue weighted by atomic mass is 35.5. The van der Waals surface area contributed by atoms with Gasteiger partial charge in [-0.1, -0.05) is 22.9 Å². The van der Waals surface area contributed by atoms with Crippen LogP contribution in [-0.4, -0.2) is 47.0 Å². The number of hydrogen-bond donors (Lipinski definition) is 0. The monoisotopic (exact) mass is 384 g/mol. The van der Waals surface area contributed by atoms with Gasteiger partial charge in [0.15, 0.2) is 11.5 Å². The molecule has 0 aliphatic heterocycles. The largest absolute Gasteiger partial charge is 0.496 e. The van der Waals surface area contributed by atoms with Crippen LogP contribution in [0.1, 0.15) is 0 Å². The standard InChI is InChI=1S/C15H9ClN8OS/c1-25-11-4-3-9(16)6-10(11)13-18-19-15-24(13)20-14(26-15)8-2-5-12-17-21-22-23(12)7-8/h2-7H,1H3. The first kappa shape index (κ1) is 15.2. The van der Waals surface area contributed by atoms with Gasteiger partial charge < -0.3 is 4.74 Å². The zero-order chi connectivity index (χ0) is 17.7. The molecule has 1 aromatic carbocycles. The van der Waals surface area contributed by atoms with Crippen molar-refractivity contribution in [3.8, 4) is 27.7 Å². The third-order valence-electron chi connectivity index (χ3n) is 3.83. The molecule has 0 amide bonds. The minimum Gasteiger partial charge on any atom is -0.496 e. The molecule has 0 aliphatic rings.